The third-order valence-corrected chi connectivity index (χ3v) is 8.18. The molecule has 0 rings (SSSR count). The van der Waals surface area contributed by atoms with Gasteiger partial charge in [-0.3, -0.25) is 4.79 Å². The van der Waals surface area contributed by atoms with Gasteiger partial charge < -0.3 is 15.5 Å². The molecule has 4 heteroatoms. The second kappa shape index (κ2) is 33.4. The first-order valence-corrected chi connectivity index (χ1v) is 18.1. The largest absolute Gasteiger partial charge is 0.394 e. The summed E-state index contributed by atoms with van der Waals surface area (Å²) in [6, 6.07) is -0.631. The monoisotopic (exact) mass is 578 g/mol. The highest BCUT2D eigenvalue weighted by Crippen LogP contribution is 2.15. The van der Waals surface area contributed by atoms with Gasteiger partial charge in [0.1, 0.15) is 0 Å². The van der Waals surface area contributed by atoms with Crippen LogP contribution < -0.4 is 5.32 Å². The summed E-state index contributed by atoms with van der Waals surface area (Å²) in [5, 5.41) is 22.8. The predicted octanol–water partition coefficient (Wildman–Crippen LogP) is 10.5. The molecule has 0 aliphatic heterocycles. The Morgan fingerprint density at radius 3 is 1.37 bits per heavy atom. The van der Waals surface area contributed by atoms with Gasteiger partial charge >= 0.3 is 0 Å². The molecule has 0 saturated carbocycles. The Kier molecular flexibility index (Phi) is 32.5. The molecule has 0 radical (unpaired) electrons. The van der Waals surface area contributed by atoms with Crippen LogP contribution in [0.15, 0.2) is 24.3 Å². The summed E-state index contributed by atoms with van der Waals surface area (Å²) in [4.78, 5) is 12.2. The maximum absolute atomic E-state index is 12.2. The van der Waals surface area contributed by atoms with Gasteiger partial charge in [0.15, 0.2) is 0 Å². The van der Waals surface area contributed by atoms with E-state index in [9.17, 15) is 15.0 Å². The molecule has 3 N–H and O–H groups in total. The summed E-state index contributed by atoms with van der Waals surface area (Å²) in [5.74, 6) is -0.101. The van der Waals surface area contributed by atoms with E-state index in [2.05, 4.69) is 31.3 Å². The van der Waals surface area contributed by atoms with Crippen LogP contribution >= 0.6 is 0 Å². The van der Waals surface area contributed by atoms with E-state index in [4.69, 9.17) is 0 Å². The van der Waals surface area contributed by atoms with Gasteiger partial charge in [-0.15, -0.1) is 0 Å². The maximum atomic E-state index is 12.2. The minimum Gasteiger partial charge on any atom is -0.394 e. The Balaban J connectivity index is 3.58. The fourth-order valence-electron chi connectivity index (χ4n) is 5.36. The molecule has 0 spiro atoms. The van der Waals surface area contributed by atoms with E-state index in [-0.39, 0.29) is 12.5 Å². The lowest BCUT2D eigenvalue weighted by Crippen LogP contribution is -2.45. The van der Waals surface area contributed by atoms with Gasteiger partial charge in [-0.05, 0) is 38.5 Å². The maximum Gasteiger partial charge on any atom is 0.220 e. The first kappa shape index (κ1) is 39.9. The van der Waals surface area contributed by atoms with E-state index < -0.39 is 12.1 Å². The number of hydrogen-bond donors (Lipinski definition) is 3. The zero-order chi connectivity index (χ0) is 30.1. The molecule has 0 aromatic rings. The molecule has 0 bridgehead atoms. The van der Waals surface area contributed by atoms with E-state index in [1.54, 1.807) is 6.08 Å². The second-order valence-electron chi connectivity index (χ2n) is 12.3. The summed E-state index contributed by atoms with van der Waals surface area (Å²) in [6.45, 7) is 4.25. The van der Waals surface area contributed by atoms with Crippen molar-refractivity contribution in [2.45, 2.75) is 199 Å². The van der Waals surface area contributed by atoms with Crippen molar-refractivity contribution in [2.24, 2.45) is 0 Å². The van der Waals surface area contributed by atoms with Gasteiger partial charge in [-0.2, -0.15) is 0 Å². The average molecular weight is 578 g/mol. The van der Waals surface area contributed by atoms with Crippen molar-refractivity contribution in [3.05, 3.63) is 24.3 Å². The molecule has 0 aliphatic rings. The molecule has 0 aromatic heterocycles. The second-order valence-corrected chi connectivity index (χ2v) is 12.3. The zero-order valence-electron chi connectivity index (χ0n) is 27.6. The number of aliphatic hydroxyl groups is 2. The van der Waals surface area contributed by atoms with Crippen LogP contribution in [0.3, 0.4) is 0 Å². The van der Waals surface area contributed by atoms with Crippen molar-refractivity contribution in [1.29, 1.82) is 0 Å². The van der Waals surface area contributed by atoms with Crippen LogP contribution in [0.5, 0.6) is 0 Å². The van der Waals surface area contributed by atoms with Gasteiger partial charge in [0, 0.05) is 6.42 Å². The SMILES string of the molecule is CCCCCC/C=C\CCCC(=O)NC(CO)C(O)/C=C/CCCCCCCCCCCCCCCCCCCC. The summed E-state index contributed by atoms with van der Waals surface area (Å²) < 4.78 is 0. The van der Waals surface area contributed by atoms with Gasteiger partial charge in [0.25, 0.3) is 0 Å². The molecule has 0 aromatic carbocycles. The van der Waals surface area contributed by atoms with E-state index in [1.165, 1.54) is 135 Å². The number of carbonyl (C=O) groups is 1. The third kappa shape index (κ3) is 30.1. The number of rotatable bonds is 32. The van der Waals surface area contributed by atoms with Crippen molar-refractivity contribution in [1.82, 2.24) is 5.32 Å². The summed E-state index contributed by atoms with van der Waals surface area (Å²) in [6.07, 6.45) is 41.3. The van der Waals surface area contributed by atoms with Gasteiger partial charge in [-0.1, -0.05) is 167 Å². The topological polar surface area (TPSA) is 69.6 Å². The Labute approximate surface area is 256 Å². The van der Waals surface area contributed by atoms with Crippen molar-refractivity contribution < 1.29 is 15.0 Å². The quantitative estimate of drug-likeness (QED) is 0.0550. The summed E-state index contributed by atoms with van der Waals surface area (Å²) in [5.41, 5.74) is 0. The van der Waals surface area contributed by atoms with Crippen molar-refractivity contribution in [3.63, 3.8) is 0 Å². The Morgan fingerprint density at radius 1 is 0.561 bits per heavy atom. The van der Waals surface area contributed by atoms with Gasteiger partial charge in [0.2, 0.25) is 5.91 Å². The minimum atomic E-state index is -0.845. The molecule has 0 heterocycles. The first-order chi connectivity index (χ1) is 20.2. The molecule has 1 amide bonds. The first-order valence-electron chi connectivity index (χ1n) is 18.1. The molecular weight excluding hydrogens is 506 g/mol. The standard InChI is InChI=1S/C37H71NO3/c1-3-5-7-9-11-13-14-15-16-17-18-19-20-21-22-23-25-26-28-30-32-36(40)35(34-39)38-37(41)33-31-29-27-24-12-10-8-6-4-2/h24,27,30,32,35-36,39-40H,3-23,25-26,28-29,31,33-34H2,1-2H3,(H,38,41)/b27-24-,32-30+. The summed E-state index contributed by atoms with van der Waals surface area (Å²) >= 11 is 0. The van der Waals surface area contributed by atoms with E-state index in [0.717, 1.165) is 32.1 Å². The lowest BCUT2D eigenvalue weighted by Gasteiger charge is -2.19. The number of allylic oxidation sites excluding steroid dienone is 3. The van der Waals surface area contributed by atoms with Crippen LogP contribution in [0.4, 0.5) is 0 Å². The molecule has 41 heavy (non-hydrogen) atoms. The Bertz CT molecular complexity index is 589. The molecule has 2 atom stereocenters. The third-order valence-electron chi connectivity index (χ3n) is 8.18. The lowest BCUT2D eigenvalue weighted by molar-refractivity contribution is -0.122. The smallest absolute Gasteiger partial charge is 0.220 e. The summed E-state index contributed by atoms with van der Waals surface area (Å²) in [7, 11) is 0. The Morgan fingerprint density at radius 2 is 0.927 bits per heavy atom. The molecule has 0 aliphatic carbocycles. The highest BCUT2D eigenvalue weighted by molar-refractivity contribution is 5.76. The molecule has 2 unspecified atom stereocenters. The molecular formula is C37H71NO3. The van der Waals surface area contributed by atoms with Crippen LogP contribution in [0, 0.1) is 0 Å². The molecule has 0 fully saturated rings. The highest BCUT2D eigenvalue weighted by Gasteiger charge is 2.17. The van der Waals surface area contributed by atoms with Crippen molar-refractivity contribution in [3.8, 4) is 0 Å². The van der Waals surface area contributed by atoms with E-state index in [1.807, 2.05) is 6.08 Å². The van der Waals surface area contributed by atoms with Crippen molar-refractivity contribution >= 4 is 5.91 Å². The number of hydrogen-bond acceptors (Lipinski definition) is 3. The van der Waals surface area contributed by atoms with E-state index >= 15 is 0 Å². The zero-order valence-corrected chi connectivity index (χ0v) is 27.6. The number of carbonyl (C=O) groups excluding carboxylic acids is 1. The van der Waals surface area contributed by atoms with Crippen LogP contribution in [-0.4, -0.2) is 34.9 Å². The van der Waals surface area contributed by atoms with Crippen LogP contribution in [0.2, 0.25) is 0 Å². The predicted molar refractivity (Wildman–Crippen MR) is 179 cm³/mol. The van der Waals surface area contributed by atoms with Crippen LogP contribution in [0.1, 0.15) is 187 Å². The highest BCUT2D eigenvalue weighted by atomic mass is 16.3. The van der Waals surface area contributed by atoms with Crippen molar-refractivity contribution in [2.75, 3.05) is 6.61 Å². The average Bonchev–Trinajstić information content (AvgIpc) is 2.97. The lowest BCUT2D eigenvalue weighted by atomic mass is 10.0. The molecule has 242 valence electrons. The number of amides is 1. The molecule has 0 saturated heterocycles. The van der Waals surface area contributed by atoms with Crippen LogP contribution in [0.25, 0.3) is 0 Å². The normalized spacial score (nSPS) is 13.4. The van der Waals surface area contributed by atoms with Crippen LogP contribution in [-0.2, 0) is 4.79 Å². The Hall–Kier alpha value is -1.13. The number of unbranched alkanes of at least 4 members (excludes halogenated alkanes) is 23. The fourth-order valence-corrected chi connectivity index (χ4v) is 5.36. The van der Waals surface area contributed by atoms with Gasteiger partial charge in [0.05, 0.1) is 18.8 Å². The molecule has 4 nitrogen and oxygen atoms in total. The van der Waals surface area contributed by atoms with Gasteiger partial charge in [-0.25, -0.2) is 0 Å². The number of nitrogens with one attached hydrogen (secondary N) is 1. The van der Waals surface area contributed by atoms with E-state index in [0.29, 0.717) is 6.42 Å². The number of aliphatic hydroxyl groups excluding tert-OH is 2. The fraction of sp³-hybridized carbons (Fsp3) is 0.865. The minimum absolute atomic E-state index is 0.101.